The molecule has 0 aliphatic rings. The smallest absolute Gasteiger partial charge is 0.261 e. The molecule has 0 bridgehead atoms. The Hall–Kier alpha value is -2.45. The van der Waals surface area contributed by atoms with E-state index >= 15 is 0 Å². The molecule has 1 aromatic carbocycles. The van der Waals surface area contributed by atoms with Gasteiger partial charge in [0, 0.05) is 18.0 Å². The lowest BCUT2D eigenvalue weighted by Gasteiger charge is -1.98. The van der Waals surface area contributed by atoms with E-state index in [4.69, 9.17) is 9.68 Å². The number of carbonyl (C=O) groups is 1. The number of hydrogen-bond acceptors (Lipinski definition) is 4. The molecule has 0 atom stereocenters. The van der Waals surface area contributed by atoms with Gasteiger partial charge in [-0.1, -0.05) is 29.5 Å². The number of carbonyl (C=O) groups excluding carboxylic acids is 1. The monoisotopic (exact) mass is 298 g/mol. The van der Waals surface area contributed by atoms with E-state index in [1.165, 1.54) is 30.4 Å². The van der Waals surface area contributed by atoms with E-state index in [0.717, 1.165) is 4.90 Å². The zero-order valence-corrected chi connectivity index (χ0v) is 12.5. The Labute approximate surface area is 127 Å². The van der Waals surface area contributed by atoms with Crippen LogP contribution in [0, 0.1) is 18.3 Å². The molecule has 0 fully saturated rings. The molecule has 1 amide bonds. The summed E-state index contributed by atoms with van der Waals surface area (Å²) in [5, 5.41) is 12.1. The van der Waals surface area contributed by atoms with Gasteiger partial charge < -0.3 is 9.73 Å². The second kappa shape index (κ2) is 6.82. The molecule has 0 radical (unpaired) electrons. The van der Waals surface area contributed by atoms with Gasteiger partial charge in [0.15, 0.2) is 5.09 Å². The van der Waals surface area contributed by atoms with Crippen molar-refractivity contribution in [3.8, 4) is 6.07 Å². The molecule has 0 saturated heterocycles. The van der Waals surface area contributed by atoms with Gasteiger partial charge in [0.05, 0.1) is 0 Å². The van der Waals surface area contributed by atoms with Crippen LogP contribution in [-0.2, 0) is 4.79 Å². The summed E-state index contributed by atoms with van der Waals surface area (Å²) in [5.41, 5.74) is 1.21. The van der Waals surface area contributed by atoms with E-state index in [2.05, 4.69) is 5.32 Å². The topological polar surface area (TPSA) is 66.0 Å². The van der Waals surface area contributed by atoms with Gasteiger partial charge in [-0.05, 0) is 31.2 Å². The third-order valence-electron chi connectivity index (χ3n) is 2.72. The highest BCUT2D eigenvalue weighted by atomic mass is 32.2. The minimum Gasteiger partial charge on any atom is -0.450 e. The fourth-order valence-electron chi connectivity index (χ4n) is 1.61. The molecule has 0 aliphatic carbocycles. The van der Waals surface area contributed by atoms with Gasteiger partial charge in [-0.25, -0.2) is 0 Å². The first kappa shape index (κ1) is 14.9. The molecule has 21 heavy (non-hydrogen) atoms. The van der Waals surface area contributed by atoms with Crippen LogP contribution in [-0.4, -0.2) is 13.0 Å². The van der Waals surface area contributed by atoms with Gasteiger partial charge >= 0.3 is 0 Å². The highest BCUT2D eigenvalue weighted by Gasteiger charge is 2.09. The molecule has 2 aromatic rings. The lowest BCUT2D eigenvalue weighted by atomic mass is 10.2. The Morgan fingerprint density at radius 1 is 1.29 bits per heavy atom. The molecular weight excluding hydrogens is 284 g/mol. The van der Waals surface area contributed by atoms with E-state index in [-0.39, 0.29) is 5.57 Å². The van der Waals surface area contributed by atoms with Crippen LogP contribution >= 0.6 is 11.8 Å². The highest BCUT2D eigenvalue weighted by molar-refractivity contribution is 7.99. The Kier molecular flexibility index (Phi) is 4.85. The first-order chi connectivity index (χ1) is 10.1. The van der Waals surface area contributed by atoms with Crippen molar-refractivity contribution in [2.45, 2.75) is 16.9 Å². The number of likely N-dealkylation sites (N-methyl/N-ethyl adjacent to an activating group) is 1. The van der Waals surface area contributed by atoms with Crippen LogP contribution in [0.3, 0.4) is 0 Å². The number of hydrogen-bond donors (Lipinski definition) is 1. The molecule has 0 saturated carbocycles. The molecule has 4 nitrogen and oxygen atoms in total. The Balaban J connectivity index is 2.15. The van der Waals surface area contributed by atoms with Crippen molar-refractivity contribution in [1.29, 1.82) is 5.26 Å². The fourth-order valence-corrected chi connectivity index (χ4v) is 2.39. The standard InChI is InChI=1S/C16H14N2O2S/c1-11-3-6-14(7-4-11)21-15-8-5-13(20-15)9-12(10-17)16(19)18-2/h3-9H,1-2H3,(H,18,19)/b12-9-. The predicted octanol–water partition coefficient (Wildman–Crippen LogP) is 3.39. The molecule has 0 unspecified atom stereocenters. The van der Waals surface area contributed by atoms with E-state index < -0.39 is 5.91 Å². The van der Waals surface area contributed by atoms with Crippen molar-refractivity contribution < 1.29 is 9.21 Å². The van der Waals surface area contributed by atoms with E-state index in [9.17, 15) is 4.79 Å². The molecular formula is C16H14N2O2S. The summed E-state index contributed by atoms with van der Waals surface area (Å²) in [6.07, 6.45) is 1.43. The summed E-state index contributed by atoms with van der Waals surface area (Å²) < 4.78 is 5.60. The number of nitriles is 1. The van der Waals surface area contributed by atoms with E-state index in [1.807, 2.05) is 43.3 Å². The van der Waals surface area contributed by atoms with Crippen LogP contribution in [0.4, 0.5) is 0 Å². The van der Waals surface area contributed by atoms with Gasteiger partial charge in [-0.3, -0.25) is 4.79 Å². The first-order valence-corrected chi connectivity index (χ1v) is 7.12. The minimum atomic E-state index is -0.429. The first-order valence-electron chi connectivity index (χ1n) is 6.30. The maximum atomic E-state index is 11.4. The molecule has 0 spiro atoms. The number of furan rings is 1. The van der Waals surface area contributed by atoms with Crippen molar-refractivity contribution in [2.24, 2.45) is 0 Å². The molecule has 1 heterocycles. The SMILES string of the molecule is CNC(=O)/C(C#N)=C\c1ccc(Sc2ccc(C)cc2)o1. The summed E-state index contributed by atoms with van der Waals surface area (Å²) >= 11 is 1.49. The fraction of sp³-hybridized carbons (Fsp3) is 0.125. The van der Waals surface area contributed by atoms with E-state index in [0.29, 0.717) is 10.9 Å². The zero-order chi connectivity index (χ0) is 15.2. The van der Waals surface area contributed by atoms with Gasteiger partial charge in [-0.15, -0.1) is 0 Å². The summed E-state index contributed by atoms with van der Waals surface area (Å²) in [6.45, 7) is 2.03. The lowest BCUT2D eigenvalue weighted by molar-refractivity contribution is -0.116. The number of nitrogens with zero attached hydrogens (tertiary/aromatic N) is 1. The van der Waals surface area contributed by atoms with Gasteiger partial charge in [0.2, 0.25) is 0 Å². The quantitative estimate of drug-likeness (QED) is 0.694. The lowest BCUT2D eigenvalue weighted by Crippen LogP contribution is -2.18. The maximum Gasteiger partial charge on any atom is 0.261 e. The van der Waals surface area contributed by atoms with E-state index in [1.54, 1.807) is 6.07 Å². The second-order valence-corrected chi connectivity index (χ2v) is 5.40. The molecule has 5 heteroatoms. The minimum absolute atomic E-state index is 0.0127. The Morgan fingerprint density at radius 3 is 2.62 bits per heavy atom. The third kappa shape index (κ3) is 4.01. The maximum absolute atomic E-state index is 11.4. The van der Waals surface area contributed by atoms with Crippen LogP contribution in [0.15, 0.2) is 56.4 Å². The average molecular weight is 298 g/mol. The highest BCUT2D eigenvalue weighted by Crippen LogP contribution is 2.29. The number of amides is 1. The third-order valence-corrected chi connectivity index (χ3v) is 3.65. The number of benzene rings is 1. The number of rotatable bonds is 4. The zero-order valence-electron chi connectivity index (χ0n) is 11.7. The molecule has 1 aromatic heterocycles. The largest absolute Gasteiger partial charge is 0.450 e. The molecule has 1 N–H and O–H groups in total. The van der Waals surface area contributed by atoms with Crippen LogP contribution in [0.25, 0.3) is 6.08 Å². The Morgan fingerprint density at radius 2 is 2.00 bits per heavy atom. The van der Waals surface area contributed by atoms with Crippen molar-refractivity contribution in [3.63, 3.8) is 0 Å². The van der Waals surface area contributed by atoms with Crippen molar-refractivity contribution >= 4 is 23.7 Å². The van der Waals surface area contributed by atoms with Crippen molar-refractivity contribution in [2.75, 3.05) is 7.05 Å². The summed E-state index contributed by atoms with van der Waals surface area (Å²) in [5.74, 6) is 0.0476. The summed E-state index contributed by atoms with van der Waals surface area (Å²) in [4.78, 5) is 12.5. The number of aryl methyl sites for hydroxylation is 1. The van der Waals surface area contributed by atoms with Crippen LogP contribution in [0.1, 0.15) is 11.3 Å². The van der Waals surface area contributed by atoms with Crippen LogP contribution < -0.4 is 5.32 Å². The molecule has 106 valence electrons. The summed E-state index contributed by atoms with van der Waals surface area (Å²) in [7, 11) is 1.48. The van der Waals surface area contributed by atoms with Gasteiger partial charge in [-0.2, -0.15) is 5.26 Å². The molecule has 2 rings (SSSR count). The van der Waals surface area contributed by atoms with Crippen molar-refractivity contribution in [3.05, 3.63) is 53.3 Å². The molecule has 0 aliphatic heterocycles. The van der Waals surface area contributed by atoms with Crippen molar-refractivity contribution in [1.82, 2.24) is 5.32 Å². The van der Waals surface area contributed by atoms with Crippen LogP contribution in [0.2, 0.25) is 0 Å². The van der Waals surface area contributed by atoms with Crippen LogP contribution in [0.5, 0.6) is 0 Å². The Bertz CT molecular complexity index is 709. The normalized spacial score (nSPS) is 11.0. The van der Waals surface area contributed by atoms with Gasteiger partial charge in [0.25, 0.3) is 5.91 Å². The average Bonchev–Trinajstić information content (AvgIpc) is 2.93. The summed E-state index contributed by atoms with van der Waals surface area (Å²) in [6, 6.07) is 13.5. The van der Waals surface area contributed by atoms with Gasteiger partial charge in [0.1, 0.15) is 17.4 Å². The predicted molar refractivity (Wildman–Crippen MR) is 81.7 cm³/mol. The number of nitrogens with one attached hydrogen (secondary N) is 1. The second-order valence-electron chi connectivity index (χ2n) is 4.32.